The maximum atomic E-state index is 4.81. The zero-order valence-corrected chi connectivity index (χ0v) is 19.5. The summed E-state index contributed by atoms with van der Waals surface area (Å²) < 4.78 is 0. The van der Waals surface area contributed by atoms with Crippen LogP contribution in [0.1, 0.15) is 47.5 Å². The summed E-state index contributed by atoms with van der Waals surface area (Å²) in [6.45, 7) is 21.2. The molecule has 0 aromatic rings. The number of aliphatic imine (C=N–C) groups is 1. The van der Waals surface area contributed by atoms with E-state index in [9.17, 15) is 0 Å². The molecular weight excluding hydrogens is 425 g/mol. The average Bonchev–Trinajstić information content (AvgIpc) is 2.61. The zero-order chi connectivity index (χ0) is 17.8. The molecule has 1 atom stereocenters. The number of nitrogens with zero attached hydrogens (tertiary/aromatic N) is 3. The number of halogens is 1. The maximum Gasteiger partial charge on any atom is 0.191 e. The van der Waals surface area contributed by atoms with Crippen LogP contribution < -0.4 is 10.6 Å². The lowest BCUT2D eigenvalue weighted by Gasteiger charge is -2.35. The molecule has 1 fully saturated rings. The molecule has 0 amide bonds. The van der Waals surface area contributed by atoms with Crippen molar-refractivity contribution in [1.29, 1.82) is 0 Å². The van der Waals surface area contributed by atoms with Crippen LogP contribution in [0.3, 0.4) is 0 Å². The number of guanidine groups is 1. The summed E-state index contributed by atoms with van der Waals surface area (Å²) in [5.74, 6) is 2.31. The second kappa shape index (κ2) is 15.0. The average molecular weight is 467 g/mol. The first-order valence-corrected chi connectivity index (χ1v) is 10.1. The van der Waals surface area contributed by atoms with Gasteiger partial charge in [-0.1, -0.05) is 40.5 Å². The first-order chi connectivity index (χ1) is 11.6. The molecule has 0 bridgehead atoms. The van der Waals surface area contributed by atoms with Crippen LogP contribution in [0.15, 0.2) is 4.99 Å². The summed E-state index contributed by atoms with van der Waals surface area (Å²) in [5, 5.41) is 6.89. The standard InChI is InChI=1S/C19H41N5.HI/c1-6-18(7-2)15-22-19(20-8-3)21-14-17(5)16-24-12-10-23(9-4)11-13-24;/h17-18H,6-16H2,1-5H3,(H2,20,21,22);1H. The molecule has 1 heterocycles. The minimum atomic E-state index is 0. The van der Waals surface area contributed by atoms with Crippen LogP contribution >= 0.6 is 24.0 Å². The van der Waals surface area contributed by atoms with E-state index in [0.29, 0.717) is 5.92 Å². The molecule has 1 saturated heterocycles. The summed E-state index contributed by atoms with van der Waals surface area (Å²) in [5.41, 5.74) is 0. The minimum Gasteiger partial charge on any atom is -0.357 e. The molecule has 6 heteroatoms. The highest BCUT2D eigenvalue weighted by Crippen LogP contribution is 2.07. The van der Waals surface area contributed by atoms with Crippen molar-refractivity contribution in [3.63, 3.8) is 0 Å². The third kappa shape index (κ3) is 10.6. The van der Waals surface area contributed by atoms with E-state index in [2.05, 4.69) is 55.1 Å². The fraction of sp³-hybridized carbons (Fsp3) is 0.947. The van der Waals surface area contributed by atoms with Gasteiger partial charge < -0.3 is 20.4 Å². The molecule has 0 radical (unpaired) electrons. The van der Waals surface area contributed by atoms with E-state index >= 15 is 0 Å². The molecule has 1 aliphatic rings. The topological polar surface area (TPSA) is 42.9 Å². The molecule has 5 nitrogen and oxygen atoms in total. The van der Waals surface area contributed by atoms with Crippen LogP contribution in [0.4, 0.5) is 0 Å². The number of hydrogen-bond donors (Lipinski definition) is 2. The van der Waals surface area contributed by atoms with Gasteiger partial charge in [0, 0.05) is 52.4 Å². The van der Waals surface area contributed by atoms with Crippen LogP contribution in [-0.2, 0) is 0 Å². The smallest absolute Gasteiger partial charge is 0.191 e. The van der Waals surface area contributed by atoms with Gasteiger partial charge in [0.05, 0.1) is 0 Å². The van der Waals surface area contributed by atoms with Crippen molar-refractivity contribution in [3.05, 3.63) is 0 Å². The molecular formula is C19H42IN5. The largest absolute Gasteiger partial charge is 0.357 e. The number of rotatable bonds is 10. The van der Waals surface area contributed by atoms with Crippen LogP contribution in [-0.4, -0.2) is 74.7 Å². The quantitative estimate of drug-likeness (QED) is 0.295. The van der Waals surface area contributed by atoms with Gasteiger partial charge in [0.25, 0.3) is 0 Å². The van der Waals surface area contributed by atoms with Gasteiger partial charge in [-0.15, -0.1) is 24.0 Å². The van der Waals surface area contributed by atoms with Gasteiger partial charge in [-0.25, -0.2) is 0 Å². The third-order valence-electron chi connectivity index (χ3n) is 5.10. The van der Waals surface area contributed by atoms with E-state index in [4.69, 9.17) is 4.99 Å². The molecule has 1 aliphatic heterocycles. The zero-order valence-electron chi connectivity index (χ0n) is 17.2. The van der Waals surface area contributed by atoms with E-state index in [-0.39, 0.29) is 24.0 Å². The van der Waals surface area contributed by atoms with Crippen molar-refractivity contribution in [1.82, 2.24) is 20.4 Å². The fourth-order valence-corrected chi connectivity index (χ4v) is 3.19. The molecule has 0 saturated carbocycles. The second-order valence-electron chi connectivity index (χ2n) is 7.12. The molecule has 150 valence electrons. The van der Waals surface area contributed by atoms with Crippen LogP contribution in [0.2, 0.25) is 0 Å². The van der Waals surface area contributed by atoms with Crippen LogP contribution in [0, 0.1) is 11.8 Å². The molecule has 0 aromatic carbocycles. The normalized spacial score (nSPS) is 18.1. The molecule has 0 spiro atoms. The van der Waals surface area contributed by atoms with Crippen molar-refractivity contribution >= 4 is 29.9 Å². The van der Waals surface area contributed by atoms with Crippen LogP contribution in [0.5, 0.6) is 0 Å². The Balaban J connectivity index is 0.00000576. The summed E-state index contributed by atoms with van der Waals surface area (Å²) in [4.78, 5) is 9.93. The Morgan fingerprint density at radius 2 is 1.56 bits per heavy atom. The highest BCUT2D eigenvalue weighted by molar-refractivity contribution is 14.0. The first kappa shape index (κ1) is 24.9. The Kier molecular flexibility index (Phi) is 15.0. The predicted octanol–water partition coefficient (Wildman–Crippen LogP) is 2.87. The summed E-state index contributed by atoms with van der Waals surface area (Å²) in [6, 6.07) is 0. The lowest BCUT2D eigenvalue weighted by atomic mass is 10.0. The highest BCUT2D eigenvalue weighted by atomic mass is 127. The lowest BCUT2D eigenvalue weighted by Crippen LogP contribution is -2.47. The van der Waals surface area contributed by atoms with Gasteiger partial charge in [0.2, 0.25) is 0 Å². The lowest BCUT2D eigenvalue weighted by molar-refractivity contribution is 0.125. The van der Waals surface area contributed by atoms with Gasteiger partial charge in [0.15, 0.2) is 5.96 Å². The Morgan fingerprint density at radius 3 is 2.08 bits per heavy atom. The SMILES string of the molecule is CCNC(=NCC(C)CN1CCN(CC)CC1)NCC(CC)CC.I. The number of hydrogen-bond acceptors (Lipinski definition) is 3. The van der Waals surface area contributed by atoms with Gasteiger partial charge >= 0.3 is 0 Å². The Morgan fingerprint density at radius 1 is 0.960 bits per heavy atom. The van der Waals surface area contributed by atoms with E-state index in [0.717, 1.165) is 38.1 Å². The number of likely N-dealkylation sites (N-methyl/N-ethyl adjacent to an activating group) is 1. The number of piperazine rings is 1. The predicted molar refractivity (Wildman–Crippen MR) is 121 cm³/mol. The van der Waals surface area contributed by atoms with E-state index in [1.54, 1.807) is 0 Å². The van der Waals surface area contributed by atoms with Crippen molar-refractivity contribution < 1.29 is 0 Å². The molecule has 0 aromatic heterocycles. The van der Waals surface area contributed by atoms with Crippen molar-refractivity contribution in [2.45, 2.75) is 47.5 Å². The van der Waals surface area contributed by atoms with Crippen LogP contribution in [0.25, 0.3) is 0 Å². The first-order valence-electron chi connectivity index (χ1n) is 10.1. The Labute approximate surface area is 173 Å². The van der Waals surface area contributed by atoms with Crippen molar-refractivity contribution in [3.8, 4) is 0 Å². The van der Waals surface area contributed by atoms with Gasteiger partial charge in [-0.2, -0.15) is 0 Å². The second-order valence-corrected chi connectivity index (χ2v) is 7.12. The molecule has 0 aliphatic carbocycles. The fourth-order valence-electron chi connectivity index (χ4n) is 3.19. The summed E-state index contributed by atoms with van der Waals surface area (Å²) >= 11 is 0. The highest BCUT2D eigenvalue weighted by Gasteiger charge is 2.17. The number of nitrogens with one attached hydrogen (secondary N) is 2. The van der Waals surface area contributed by atoms with Gasteiger partial charge in [-0.3, -0.25) is 4.99 Å². The Bertz CT molecular complexity index is 339. The Hall–Kier alpha value is -0.0800. The van der Waals surface area contributed by atoms with E-state index in [1.807, 2.05) is 0 Å². The van der Waals surface area contributed by atoms with E-state index < -0.39 is 0 Å². The maximum absolute atomic E-state index is 4.81. The summed E-state index contributed by atoms with van der Waals surface area (Å²) in [7, 11) is 0. The molecule has 2 N–H and O–H groups in total. The minimum absolute atomic E-state index is 0. The molecule has 25 heavy (non-hydrogen) atoms. The van der Waals surface area contributed by atoms with E-state index in [1.165, 1.54) is 45.6 Å². The molecule has 1 rings (SSSR count). The molecule has 1 unspecified atom stereocenters. The summed E-state index contributed by atoms with van der Waals surface area (Å²) in [6.07, 6.45) is 2.45. The van der Waals surface area contributed by atoms with Gasteiger partial charge in [-0.05, 0) is 25.3 Å². The van der Waals surface area contributed by atoms with Crippen molar-refractivity contribution in [2.24, 2.45) is 16.8 Å². The third-order valence-corrected chi connectivity index (χ3v) is 5.10. The van der Waals surface area contributed by atoms with Crippen molar-refractivity contribution in [2.75, 3.05) is 58.9 Å². The monoisotopic (exact) mass is 467 g/mol. The van der Waals surface area contributed by atoms with Gasteiger partial charge in [0.1, 0.15) is 0 Å².